The molecule has 25 heavy (non-hydrogen) atoms. The van der Waals surface area contributed by atoms with E-state index in [2.05, 4.69) is 21.7 Å². The molecule has 0 N–H and O–H groups in total. The summed E-state index contributed by atoms with van der Waals surface area (Å²) in [6, 6.07) is 13.3. The number of nitrogens with zero attached hydrogens (tertiary/aromatic N) is 3. The molecule has 0 unspecified atom stereocenters. The minimum Gasteiger partial charge on any atom is -0.302 e. The third-order valence-corrected chi connectivity index (χ3v) is 5.65. The van der Waals surface area contributed by atoms with Crippen LogP contribution in [0.15, 0.2) is 47.6 Å². The van der Waals surface area contributed by atoms with Crippen molar-refractivity contribution in [2.75, 3.05) is 0 Å². The van der Waals surface area contributed by atoms with E-state index in [4.69, 9.17) is 34.8 Å². The van der Waals surface area contributed by atoms with Crippen molar-refractivity contribution in [3.63, 3.8) is 0 Å². The first-order chi connectivity index (χ1) is 12.1. The summed E-state index contributed by atoms with van der Waals surface area (Å²) in [6.07, 6.45) is 0.999. The summed E-state index contributed by atoms with van der Waals surface area (Å²) in [5, 5.41) is 11.5. The standard InChI is InChI=1S/C18H16Cl3N3S/c1-2-9-24-17(13-4-6-14(19)7-5-13)22-23-18(24)25-11-12-3-8-15(20)16(21)10-12/h3-8,10H,2,9,11H2,1H3. The third-order valence-electron chi connectivity index (χ3n) is 3.62. The van der Waals surface area contributed by atoms with Gasteiger partial charge in [0.1, 0.15) is 0 Å². The molecule has 0 amide bonds. The first kappa shape index (κ1) is 18.6. The third kappa shape index (κ3) is 4.50. The Morgan fingerprint density at radius 3 is 2.40 bits per heavy atom. The fourth-order valence-electron chi connectivity index (χ4n) is 2.41. The molecular formula is C18H16Cl3N3S. The smallest absolute Gasteiger partial charge is 0.191 e. The molecular weight excluding hydrogens is 397 g/mol. The zero-order chi connectivity index (χ0) is 17.8. The Kier molecular flexibility index (Phi) is 6.29. The zero-order valence-electron chi connectivity index (χ0n) is 13.5. The van der Waals surface area contributed by atoms with E-state index in [0.717, 1.165) is 40.8 Å². The molecule has 130 valence electrons. The molecule has 0 spiro atoms. The molecule has 1 heterocycles. The van der Waals surface area contributed by atoms with Crippen LogP contribution in [0.5, 0.6) is 0 Å². The predicted octanol–water partition coefficient (Wildman–Crippen LogP) is 6.61. The van der Waals surface area contributed by atoms with Crippen LogP contribution in [0.25, 0.3) is 11.4 Å². The molecule has 1 aromatic heterocycles. The Balaban J connectivity index is 1.83. The largest absolute Gasteiger partial charge is 0.302 e. The molecule has 0 saturated carbocycles. The van der Waals surface area contributed by atoms with Crippen molar-refractivity contribution >= 4 is 46.6 Å². The van der Waals surface area contributed by atoms with Gasteiger partial charge in [0, 0.05) is 22.9 Å². The van der Waals surface area contributed by atoms with Gasteiger partial charge in [-0.15, -0.1) is 10.2 Å². The van der Waals surface area contributed by atoms with E-state index < -0.39 is 0 Å². The summed E-state index contributed by atoms with van der Waals surface area (Å²) >= 11 is 19.7. The van der Waals surface area contributed by atoms with Crippen LogP contribution >= 0.6 is 46.6 Å². The molecule has 7 heteroatoms. The Bertz CT molecular complexity index is 863. The number of benzene rings is 2. The lowest BCUT2D eigenvalue weighted by Gasteiger charge is -2.09. The lowest BCUT2D eigenvalue weighted by atomic mass is 10.2. The Labute approximate surface area is 166 Å². The summed E-state index contributed by atoms with van der Waals surface area (Å²) in [7, 11) is 0. The van der Waals surface area contributed by atoms with E-state index in [1.165, 1.54) is 0 Å². The second kappa shape index (κ2) is 8.45. The highest BCUT2D eigenvalue weighted by atomic mass is 35.5. The monoisotopic (exact) mass is 411 g/mol. The summed E-state index contributed by atoms with van der Waals surface area (Å²) in [6.45, 7) is 2.99. The van der Waals surface area contributed by atoms with Gasteiger partial charge < -0.3 is 4.57 Å². The fourth-order valence-corrected chi connectivity index (χ4v) is 3.76. The van der Waals surface area contributed by atoms with Crippen LogP contribution in [0.2, 0.25) is 15.1 Å². The van der Waals surface area contributed by atoms with Crippen molar-refractivity contribution in [1.82, 2.24) is 14.8 Å². The minimum absolute atomic E-state index is 0.564. The van der Waals surface area contributed by atoms with Crippen molar-refractivity contribution in [2.24, 2.45) is 0 Å². The Morgan fingerprint density at radius 2 is 1.72 bits per heavy atom. The number of hydrogen-bond donors (Lipinski definition) is 0. The Hall–Kier alpha value is -1.20. The van der Waals surface area contributed by atoms with Gasteiger partial charge in [-0.3, -0.25) is 0 Å². The molecule has 0 saturated heterocycles. The topological polar surface area (TPSA) is 30.7 Å². The number of rotatable bonds is 6. The van der Waals surface area contributed by atoms with E-state index in [1.807, 2.05) is 42.5 Å². The maximum atomic E-state index is 6.09. The first-order valence-electron chi connectivity index (χ1n) is 7.84. The van der Waals surface area contributed by atoms with Crippen molar-refractivity contribution in [3.05, 3.63) is 63.1 Å². The van der Waals surface area contributed by atoms with Gasteiger partial charge in [0.2, 0.25) is 0 Å². The van der Waals surface area contributed by atoms with Gasteiger partial charge in [0.15, 0.2) is 11.0 Å². The van der Waals surface area contributed by atoms with Gasteiger partial charge in [-0.05, 0) is 48.4 Å². The molecule has 0 bridgehead atoms. The summed E-state index contributed by atoms with van der Waals surface area (Å²) in [4.78, 5) is 0. The summed E-state index contributed by atoms with van der Waals surface area (Å²) < 4.78 is 2.14. The van der Waals surface area contributed by atoms with Crippen molar-refractivity contribution < 1.29 is 0 Å². The number of thioether (sulfide) groups is 1. The molecule has 3 nitrogen and oxygen atoms in total. The maximum absolute atomic E-state index is 6.09. The number of halogens is 3. The van der Waals surface area contributed by atoms with Crippen molar-refractivity contribution in [3.8, 4) is 11.4 Å². The van der Waals surface area contributed by atoms with Gasteiger partial charge >= 0.3 is 0 Å². The summed E-state index contributed by atoms with van der Waals surface area (Å²) in [5.41, 5.74) is 2.10. The average molecular weight is 413 g/mol. The van der Waals surface area contributed by atoms with Gasteiger partial charge in [0.05, 0.1) is 10.0 Å². The number of aromatic nitrogens is 3. The molecule has 0 aliphatic rings. The molecule has 0 fully saturated rings. The highest BCUT2D eigenvalue weighted by molar-refractivity contribution is 7.98. The quantitative estimate of drug-likeness (QED) is 0.427. The molecule has 2 aromatic carbocycles. The molecule has 0 radical (unpaired) electrons. The minimum atomic E-state index is 0.564. The van der Waals surface area contributed by atoms with Crippen LogP contribution in [-0.2, 0) is 12.3 Å². The highest BCUT2D eigenvalue weighted by Gasteiger charge is 2.14. The van der Waals surface area contributed by atoms with Gasteiger partial charge in [-0.1, -0.05) is 59.6 Å². The molecule has 0 aliphatic heterocycles. The average Bonchev–Trinajstić information content (AvgIpc) is 3.00. The Morgan fingerprint density at radius 1 is 0.960 bits per heavy atom. The molecule has 0 aliphatic carbocycles. The van der Waals surface area contributed by atoms with Crippen LogP contribution in [0.4, 0.5) is 0 Å². The van der Waals surface area contributed by atoms with Crippen LogP contribution in [0.1, 0.15) is 18.9 Å². The van der Waals surface area contributed by atoms with Crippen LogP contribution in [-0.4, -0.2) is 14.8 Å². The van der Waals surface area contributed by atoms with Gasteiger partial charge in [-0.25, -0.2) is 0 Å². The molecule has 3 aromatic rings. The zero-order valence-corrected chi connectivity index (χ0v) is 16.6. The lowest BCUT2D eigenvalue weighted by Crippen LogP contribution is -2.02. The molecule has 0 atom stereocenters. The second-order valence-corrected chi connectivity index (χ2v) is 7.70. The van der Waals surface area contributed by atoms with Crippen LogP contribution < -0.4 is 0 Å². The maximum Gasteiger partial charge on any atom is 0.191 e. The number of hydrogen-bond acceptors (Lipinski definition) is 3. The van der Waals surface area contributed by atoms with E-state index in [1.54, 1.807) is 11.8 Å². The second-order valence-electron chi connectivity index (χ2n) is 5.50. The van der Waals surface area contributed by atoms with Crippen molar-refractivity contribution in [2.45, 2.75) is 30.8 Å². The lowest BCUT2D eigenvalue weighted by molar-refractivity contribution is 0.626. The fraction of sp³-hybridized carbons (Fsp3) is 0.222. The SMILES string of the molecule is CCCn1c(SCc2ccc(Cl)c(Cl)c2)nnc1-c1ccc(Cl)cc1. The van der Waals surface area contributed by atoms with E-state index >= 15 is 0 Å². The molecule has 3 rings (SSSR count). The van der Waals surface area contributed by atoms with Gasteiger partial charge in [-0.2, -0.15) is 0 Å². The van der Waals surface area contributed by atoms with Crippen molar-refractivity contribution in [1.29, 1.82) is 0 Å². The predicted molar refractivity (Wildman–Crippen MR) is 107 cm³/mol. The van der Waals surface area contributed by atoms with Gasteiger partial charge in [0.25, 0.3) is 0 Å². The van der Waals surface area contributed by atoms with Crippen LogP contribution in [0.3, 0.4) is 0 Å². The van der Waals surface area contributed by atoms with E-state index in [0.29, 0.717) is 15.1 Å². The van der Waals surface area contributed by atoms with Crippen LogP contribution in [0, 0.1) is 0 Å². The first-order valence-corrected chi connectivity index (χ1v) is 9.96. The highest BCUT2D eigenvalue weighted by Crippen LogP contribution is 2.29. The normalized spacial score (nSPS) is 11.0. The van der Waals surface area contributed by atoms with E-state index in [-0.39, 0.29) is 0 Å². The van der Waals surface area contributed by atoms with E-state index in [9.17, 15) is 0 Å². The summed E-state index contributed by atoms with van der Waals surface area (Å²) in [5.74, 6) is 1.61.